The Labute approximate surface area is 200 Å². The Hall–Kier alpha value is -4.59. The van der Waals surface area contributed by atoms with Crippen molar-refractivity contribution >= 4 is 22.8 Å². The fourth-order valence-corrected chi connectivity index (χ4v) is 3.69. The van der Waals surface area contributed by atoms with Gasteiger partial charge in [-0.05, 0) is 47.9 Å². The van der Waals surface area contributed by atoms with Crippen LogP contribution in [0, 0.1) is 0 Å². The summed E-state index contributed by atoms with van der Waals surface area (Å²) in [6, 6.07) is 20.7. The van der Waals surface area contributed by atoms with Gasteiger partial charge in [-0.1, -0.05) is 42.5 Å². The van der Waals surface area contributed by atoms with Crippen molar-refractivity contribution in [1.82, 2.24) is 5.32 Å². The zero-order chi connectivity index (χ0) is 24.9. The molecule has 0 aliphatic heterocycles. The van der Waals surface area contributed by atoms with Gasteiger partial charge in [-0.2, -0.15) is 0 Å². The SMILES string of the molecule is C[C@H](Oc1ccc2c(-c3ccccc3)cc(=O)oc2c1)C(=O)N[C@H](Cc1ccc(O)cc1)C(=O)O. The van der Waals surface area contributed by atoms with E-state index >= 15 is 0 Å². The topological polar surface area (TPSA) is 126 Å². The first-order valence-electron chi connectivity index (χ1n) is 10.9. The molecule has 4 aromatic rings. The van der Waals surface area contributed by atoms with E-state index in [0.29, 0.717) is 27.8 Å². The molecule has 0 aliphatic rings. The van der Waals surface area contributed by atoms with Crippen molar-refractivity contribution in [3.05, 3.63) is 94.8 Å². The normalized spacial score (nSPS) is 12.6. The number of hydrogen-bond acceptors (Lipinski definition) is 6. The maximum absolute atomic E-state index is 12.7. The highest BCUT2D eigenvalue weighted by Gasteiger charge is 2.24. The first-order chi connectivity index (χ1) is 16.8. The number of phenolic OH excluding ortho intramolecular Hbond substituents is 1. The van der Waals surface area contributed by atoms with Crippen LogP contribution >= 0.6 is 0 Å². The number of carbonyl (C=O) groups is 2. The molecule has 35 heavy (non-hydrogen) atoms. The van der Waals surface area contributed by atoms with Gasteiger partial charge in [-0.3, -0.25) is 4.79 Å². The van der Waals surface area contributed by atoms with E-state index in [0.717, 1.165) is 5.56 Å². The predicted molar refractivity (Wildman–Crippen MR) is 129 cm³/mol. The monoisotopic (exact) mass is 473 g/mol. The van der Waals surface area contributed by atoms with Crippen molar-refractivity contribution < 1.29 is 29.0 Å². The average Bonchev–Trinajstić information content (AvgIpc) is 2.84. The van der Waals surface area contributed by atoms with Gasteiger partial charge in [-0.25, -0.2) is 9.59 Å². The molecule has 3 N–H and O–H groups in total. The van der Waals surface area contributed by atoms with Gasteiger partial charge in [0.05, 0.1) is 0 Å². The quantitative estimate of drug-likeness (QED) is 0.333. The van der Waals surface area contributed by atoms with Gasteiger partial charge in [0.25, 0.3) is 5.91 Å². The predicted octanol–water partition coefficient (Wildman–Crippen LogP) is 3.75. The Kier molecular flexibility index (Phi) is 6.82. The van der Waals surface area contributed by atoms with E-state index in [9.17, 15) is 24.6 Å². The molecule has 1 heterocycles. The number of carbonyl (C=O) groups excluding carboxylic acids is 1. The van der Waals surface area contributed by atoms with Crippen LogP contribution in [0.3, 0.4) is 0 Å². The molecule has 0 bridgehead atoms. The van der Waals surface area contributed by atoms with Gasteiger partial charge >= 0.3 is 11.6 Å². The number of benzene rings is 3. The fraction of sp³-hybridized carbons (Fsp3) is 0.148. The summed E-state index contributed by atoms with van der Waals surface area (Å²) >= 11 is 0. The highest BCUT2D eigenvalue weighted by atomic mass is 16.5. The van der Waals surface area contributed by atoms with Crippen LogP contribution in [0.5, 0.6) is 11.5 Å². The number of nitrogens with one attached hydrogen (secondary N) is 1. The van der Waals surface area contributed by atoms with Crippen molar-refractivity contribution in [1.29, 1.82) is 0 Å². The van der Waals surface area contributed by atoms with E-state index < -0.39 is 29.6 Å². The molecule has 8 heteroatoms. The Balaban J connectivity index is 1.50. The van der Waals surface area contributed by atoms with Gasteiger partial charge in [0.15, 0.2) is 6.10 Å². The molecule has 1 aromatic heterocycles. The molecular formula is C27H23NO7. The van der Waals surface area contributed by atoms with Crippen LogP contribution in [0.15, 0.2) is 88.1 Å². The second kappa shape index (κ2) is 10.1. The molecule has 178 valence electrons. The van der Waals surface area contributed by atoms with Crippen molar-refractivity contribution in [3.8, 4) is 22.6 Å². The summed E-state index contributed by atoms with van der Waals surface area (Å²) in [7, 11) is 0. The molecule has 0 saturated heterocycles. The van der Waals surface area contributed by atoms with E-state index in [4.69, 9.17) is 9.15 Å². The number of hydrogen-bond donors (Lipinski definition) is 3. The summed E-state index contributed by atoms with van der Waals surface area (Å²) in [5.74, 6) is -1.46. The Morgan fingerprint density at radius 3 is 2.40 bits per heavy atom. The number of amides is 1. The number of carboxylic acid groups (broad SMARTS) is 1. The lowest BCUT2D eigenvalue weighted by atomic mass is 10.0. The van der Waals surface area contributed by atoms with Gasteiger partial charge < -0.3 is 24.7 Å². The molecule has 0 aliphatic carbocycles. The van der Waals surface area contributed by atoms with Crippen molar-refractivity contribution in [2.24, 2.45) is 0 Å². The number of ether oxygens (including phenoxy) is 1. The molecule has 0 unspecified atom stereocenters. The number of aromatic hydroxyl groups is 1. The first-order valence-corrected chi connectivity index (χ1v) is 10.9. The van der Waals surface area contributed by atoms with Crippen LogP contribution in [0.2, 0.25) is 0 Å². The minimum Gasteiger partial charge on any atom is -0.508 e. The number of fused-ring (bicyclic) bond motifs is 1. The smallest absolute Gasteiger partial charge is 0.336 e. The molecule has 0 spiro atoms. The van der Waals surface area contributed by atoms with E-state index in [1.54, 1.807) is 24.3 Å². The van der Waals surface area contributed by atoms with E-state index in [1.807, 2.05) is 30.3 Å². The van der Waals surface area contributed by atoms with Crippen LogP contribution in [0.25, 0.3) is 22.1 Å². The molecule has 4 rings (SSSR count). The van der Waals surface area contributed by atoms with E-state index in [-0.39, 0.29) is 12.2 Å². The van der Waals surface area contributed by atoms with Gasteiger partial charge in [-0.15, -0.1) is 0 Å². The minimum absolute atomic E-state index is 0.0392. The second-order valence-corrected chi connectivity index (χ2v) is 8.03. The largest absolute Gasteiger partial charge is 0.508 e. The third kappa shape index (κ3) is 5.67. The third-order valence-electron chi connectivity index (χ3n) is 5.47. The van der Waals surface area contributed by atoms with Crippen LogP contribution < -0.4 is 15.7 Å². The molecular weight excluding hydrogens is 450 g/mol. The molecule has 0 fully saturated rings. The Bertz CT molecular complexity index is 1410. The summed E-state index contributed by atoms with van der Waals surface area (Å²) < 4.78 is 11.1. The minimum atomic E-state index is -1.19. The summed E-state index contributed by atoms with van der Waals surface area (Å²) in [6.45, 7) is 1.50. The average molecular weight is 473 g/mol. The summed E-state index contributed by atoms with van der Waals surface area (Å²) in [6.07, 6.45) is -0.976. The van der Waals surface area contributed by atoms with Crippen molar-refractivity contribution in [3.63, 3.8) is 0 Å². The lowest BCUT2D eigenvalue weighted by molar-refractivity contribution is -0.142. The number of rotatable bonds is 8. The first kappa shape index (κ1) is 23.6. The lowest BCUT2D eigenvalue weighted by Crippen LogP contribution is -2.47. The van der Waals surface area contributed by atoms with Crippen molar-refractivity contribution in [2.45, 2.75) is 25.5 Å². The second-order valence-electron chi connectivity index (χ2n) is 8.03. The summed E-state index contributed by atoms with van der Waals surface area (Å²) in [5.41, 5.74) is 2.01. The Morgan fingerprint density at radius 1 is 1.00 bits per heavy atom. The zero-order valence-electron chi connectivity index (χ0n) is 18.8. The highest BCUT2D eigenvalue weighted by molar-refractivity contribution is 5.94. The zero-order valence-corrected chi connectivity index (χ0v) is 18.8. The fourth-order valence-electron chi connectivity index (χ4n) is 3.69. The molecule has 0 radical (unpaired) electrons. The maximum atomic E-state index is 12.7. The van der Waals surface area contributed by atoms with Crippen LogP contribution in [0.4, 0.5) is 0 Å². The molecule has 3 aromatic carbocycles. The van der Waals surface area contributed by atoms with Crippen LogP contribution in [-0.4, -0.2) is 34.2 Å². The van der Waals surface area contributed by atoms with E-state index in [1.165, 1.54) is 31.2 Å². The van der Waals surface area contributed by atoms with Crippen LogP contribution in [-0.2, 0) is 16.0 Å². The summed E-state index contributed by atoms with van der Waals surface area (Å²) in [5, 5.41) is 22.1. The summed E-state index contributed by atoms with van der Waals surface area (Å²) in [4.78, 5) is 36.5. The standard InChI is InChI=1S/C27H23NO7/c1-16(26(31)28-23(27(32)33)13-17-7-9-19(29)10-8-17)34-20-11-12-21-22(18-5-3-2-4-6-18)15-25(30)35-24(21)14-20/h2-12,14-16,23,29H,13H2,1H3,(H,28,31)(H,32,33)/t16-,23+/m0/s1. The van der Waals surface area contributed by atoms with Crippen molar-refractivity contribution in [2.75, 3.05) is 0 Å². The highest BCUT2D eigenvalue weighted by Crippen LogP contribution is 2.29. The lowest BCUT2D eigenvalue weighted by Gasteiger charge is -2.19. The Morgan fingerprint density at radius 2 is 1.71 bits per heavy atom. The third-order valence-corrected chi connectivity index (χ3v) is 5.47. The maximum Gasteiger partial charge on any atom is 0.336 e. The molecule has 2 atom stereocenters. The molecule has 1 amide bonds. The van der Waals surface area contributed by atoms with Gasteiger partial charge in [0.1, 0.15) is 23.1 Å². The van der Waals surface area contributed by atoms with Gasteiger partial charge in [0.2, 0.25) is 0 Å². The number of phenols is 1. The molecule has 8 nitrogen and oxygen atoms in total. The molecule has 0 saturated carbocycles. The number of aliphatic carboxylic acids is 1. The number of carboxylic acids is 1. The van der Waals surface area contributed by atoms with Gasteiger partial charge in [0, 0.05) is 23.9 Å². The van der Waals surface area contributed by atoms with Crippen LogP contribution in [0.1, 0.15) is 12.5 Å². The van der Waals surface area contributed by atoms with E-state index in [2.05, 4.69) is 5.32 Å².